The van der Waals surface area contributed by atoms with Crippen LogP contribution in [0.25, 0.3) is 0 Å². The fraction of sp³-hybridized carbons (Fsp3) is 0.250. The molecule has 0 saturated carbocycles. The minimum absolute atomic E-state index is 0.0824. The number of amides is 1. The van der Waals surface area contributed by atoms with Crippen LogP contribution in [0.2, 0.25) is 0 Å². The van der Waals surface area contributed by atoms with Crippen molar-refractivity contribution in [1.29, 1.82) is 0 Å². The molecular formula is C12H12FNO3S. The molecule has 18 heavy (non-hydrogen) atoms. The normalized spacial score (nSPS) is 10.7. The van der Waals surface area contributed by atoms with Gasteiger partial charge in [-0.15, -0.1) is 12.3 Å². The smallest absolute Gasteiger partial charge is 0.241 e. The Morgan fingerprint density at radius 2 is 1.94 bits per heavy atom. The molecule has 0 unspecified atom stereocenters. The standard InChI is InChI=1S/C12H12FNO3S/c1-3-4-5-12(15)14(18(2,16)17)11-8-6-10(13)7-9-11/h1,6-9H,4-5H2,2H3. The number of hydrogen-bond donors (Lipinski definition) is 0. The molecule has 4 nitrogen and oxygen atoms in total. The lowest BCUT2D eigenvalue weighted by molar-refractivity contribution is -0.117. The third-order valence-corrected chi connectivity index (χ3v) is 3.18. The number of hydrogen-bond acceptors (Lipinski definition) is 3. The van der Waals surface area contributed by atoms with E-state index < -0.39 is 21.7 Å². The SMILES string of the molecule is C#CCCC(=O)N(c1ccc(F)cc1)S(C)(=O)=O. The Hall–Kier alpha value is -1.87. The summed E-state index contributed by atoms with van der Waals surface area (Å²) in [4.78, 5) is 11.8. The van der Waals surface area contributed by atoms with Crippen LogP contribution in [-0.4, -0.2) is 20.6 Å². The fourth-order valence-corrected chi connectivity index (χ4v) is 2.34. The molecule has 0 fully saturated rings. The highest BCUT2D eigenvalue weighted by Gasteiger charge is 2.24. The van der Waals surface area contributed by atoms with Gasteiger partial charge in [0.2, 0.25) is 15.9 Å². The van der Waals surface area contributed by atoms with Crippen molar-refractivity contribution >= 4 is 21.6 Å². The largest absolute Gasteiger partial charge is 0.273 e. The van der Waals surface area contributed by atoms with Crippen molar-refractivity contribution in [3.63, 3.8) is 0 Å². The van der Waals surface area contributed by atoms with E-state index in [2.05, 4.69) is 5.92 Å². The number of rotatable bonds is 4. The number of carbonyl (C=O) groups excluding carboxylic acids is 1. The number of benzene rings is 1. The Bertz CT molecular complexity index is 572. The van der Waals surface area contributed by atoms with Gasteiger partial charge >= 0.3 is 0 Å². The highest BCUT2D eigenvalue weighted by atomic mass is 32.2. The van der Waals surface area contributed by atoms with Crippen LogP contribution < -0.4 is 4.31 Å². The highest BCUT2D eigenvalue weighted by Crippen LogP contribution is 2.19. The zero-order valence-electron chi connectivity index (χ0n) is 9.76. The molecule has 0 bridgehead atoms. The Morgan fingerprint density at radius 3 is 2.39 bits per heavy atom. The summed E-state index contributed by atoms with van der Waals surface area (Å²) in [7, 11) is -3.77. The van der Waals surface area contributed by atoms with Gasteiger partial charge < -0.3 is 0 Å². The summed E-state index contributed by atoms with van der Waals surface area (Å²) in [6.45, 7) is 0. The van der Waals surface area contributed by atoms with Crippen LogP contribution in [-0.2, 0) is 14.8 Å². The molecule has 1 amide bonds. The van der Waals surface area contributed by atoms with Crippen LogP contribution >= 0.6 is 0 Å². The molecule has 0 N–H and O–H groups in total. The van der Waals surface area contributed by atoms with Crippen molar-refractivity contribution in [2.45, 2.75) is 12.8 Å². The van der Waals surface area contributed by atoms with E-state index in [-0.39, 0.29) is 18.5 Å². The molecule has 96 valence electrons. The van der Waals surface area contributed by atoms with Gasteiger partial charge in [0.1, 0.15) is 5.82 Å². The average Bonchev–Trinajstić information content (AvgIpc) is 2.27. The van der Waals surface area contributed by atoms with E-state index in [1.807, 2.05) is 0 Å². The predicted octanol–water partition coefficient (Wildman–Crippen LogP) is 1.53. The molecule has 0 radical (unpaired) electrons. The van der Waals surface area contributed by atoms with Gasteiger partial charge in [0.05, 0.1) is 11.9 Å². The maximum absolute atomic E-state index is 12.8. The van der Waals surface area contributed by atoms with Crippen LogP contribution in [0.1, 0.15) is 12.8 Å². The number of nitrogens with zero attached hydrogens (tertiary/aromatic N) is 1. The van der Waals surface area contributed by atoms with Gasteiger partial charge in [-0.1, -0.05) is 0 Å². The molecular weight excluding hydrogens is 257 g/mol. The van der Waals surface area contributed by atoms with E-state index in [1.165, 1.54) is 12.1 Å². The zero-order chi connectivity index (χ0) is 13.8. The predicted molar refractivity (Wildman–Crippen MR) is 66.8 cm³/mol. The first kappa shape index (κ1) is 14.2. The van der Waals surface area contributed by atoms with Crippen molar-refractivity contribution in [3.8, 4) is 12.3 Å². The summed E-state index contributed by atoms with van der Waals surface area (Å²) in [6.07, 6.45) is 5.99. The molecule has 0 spiro atoms. The van der Waals surface area contributed by atoms with Crippen LogP contribution in [0.15, 0.2) is 24.3 Å². The second-order valence-electron chi connectivity index (χ2n) is 3.60. The molecule has 1 rings (SSSR count). The first-order valence-corrected chi connectivity index (χ1v) is 6.93. The van der Waals surface area contributed by atoms with Gasteiger partial charge in [-0.05, 0) is 24.3 Å². The number of terminal acetylenes is 1. The van der Waals surface area contributed by atoms with Crippen molar-refractivity contribution in [2.75, 3.05) is 10.6 Å². The minimum atomic E-state index is -3.77. The van der Waals surface area contributed by atoms with Crippen LogP contribution in [0.4, 0.5) is 10.1 Å². The Morgan fingerprint density at radius 1 is 1.39 bits per heavy atom. The molecule has 6 heteroatoms. The number of halogens is 1. The molecule has 1 aromatic carbocycles. The average molecular weight is 269 g/mol. The van der Waals surface area contributed by atoms with Gasteiger partial charge in [0.25, 0.3) is 0 Å². The number of sulfonamides is 1. The molecule has 0 heterocycles. The maximum atomic E-state index is 12.8. The third-order valence-electron chi connectivity index (χ3n) is 2.10. The summed E-state index contributed by atoms with van der Waals surface area (Å²) in [5.41, 5.74) is 0.0981. The lowest BCUT2D eigenvalue weighted by Gasteiger charge is -2.19. The molecule has 0 aromatic heterocycles. The lowest BCUT2D eigenvalue weighted by Crippen LogP contribution is -2.35. The van der Waals surface area contributed by atoms with Crippen molar-refractivity contribution in [2.24, 2.45) is 0 Å². The van der Waals surface area contributed by atoms with E-state index in [0.29, 0.717) is 4.31 Å². The Balaban J connectivity index is 3.11. The van der Waals surface area contributed by atoms with Crippen LogP contribution in [0, 0.1) is 18.2 Å². The van der Waals surface area contributed by atoms with Crippen molar-refractivity contribution in [1.82, 2.24) is 0 Å². The van der Waals surface area contributed by atoms with Gasteiger partial charge in [-0.25, -0.2) is 17.1 Å². The van der Waals surface area contributed by atoms with Crippen molar-refractivity contribution in [3.05, 3.63) is 30.1 Å². The molecule has 1 aromatic rings. The summed E-state index contributed by atoms with van der Waals surface area (Å²) in [5.74, 6) is 1.12. The van der Waals surface area contributed by atoms with Crippen LogP contribution in [0.5, 0.6) is 0 Å². The molecule has 0 aliphatic heterocycles. The quantitative estimate of drug-likeness (QED) is 0.779. The Kier molecular flexibility index (Phi) is 4.45. The fourth-order valence-electron chi connectivity index (χ4n) is 1.38. The first-order valence-electron chi connectivity index (χ1n) is 5.08. The summed E-state index contributed by atoms with van der Waals surface area (Å²) in [6, 6.07) is 4.62. The molecule has 0 saturated heterocycles. The van der Waals surface area contributed by atoms with E-state index in [4.69, 9.17) is 6.42 Å². The van der Waals surface area contributed by atoms with Gasteiger partial charge in [-0.2, -0.15) is 0 Å². The van der Waals surface area contributed by atoms with Crippen LogP contribution in [0.3, 0.4) is 0 Å². The van der Waals surface area contributed by atoms with E-state index >= 15 is 0 Å². The molecule has 0 atom stereocenters. The second kappa shape index (κ2) is 5.65. The lowest BCUT2D eigenvalue weighted by atomic mass is 10.2. The van der Waals surface area contributed by atoms with E-state index in [0.717, 1.165) is 18.4 Å². The van der Waals surface area contributed by atoms with E-state index in [9.17, 15) is 17.6 Å². The summed E-state index contributed by atoms with van der Waals surface area (Å²) >= 11 is 0. The van der Waals surface area contributed by atoms with Gasteiger partial charge in [0.15, 0.2) is 0 Å². The molecule has 0 aliphatic carbocycles. The van der Waals surface area contributed by atoms with Gasteiger partial charge in [-0.3, -0.25) is 4.79 Å². The summed E-state index contributed by atoms with van der Waals surface area (Å²) < 4.78 is 36.6. The number of anilines is 1. The first-order chi connectivity index (χ1) is 8.36. The number of carbonyl (C=O) groups is 1. The maximum Gasteiger partial charge on any atom is 0.241 e. The second-order valence-corrected chi connectivity index (χ2v) is 5.43. The monoisotopic (exact) mass is 269 g/mol. The summed E-state index contributed by atoms with van der Waals surface area (Å²) in [5, 5.41) is 0. The zero-order valence-corrected chi connectivity index (χ0v) is 10.6. The topological polar surface area (TPSA) is 54.5 Å². The van der Waals surface area contributed by atoms with Gasteiger partial charge in [0, 0.05) is 12.8 Å². The highest BCUT2D eigenvalue weighted by molar-refractivity contribution is 7.92. The third kappa shape index (κ3) is 3.57. The Labute approximate surface area is 105 Å². The molecule has 0 aliphatic rings. The van der Waals surface area contributed by atoms with Crippen molar-refractivity contribution < 1.29 is 17.6 Å². The minimum Gasteiger partial charge on any atom is -0.273 e. The van der Waals surface area contributed by atoms with E-state index in [1.54, 1.807) is 0 Å².